The van der Waals surface area contributed by atoms with Crippen molar-refractivity contribution in [3.05, 3.63) is 28.8 Å². The number of amides is 1. The van der Waals surface area contributed by atoms with Crippen LogP contribution in [0.4, 0.5) is 5.69 Å². The molecule has 128 valence electrons. The van der Waals surface area contributed by atoms with Gasteiger partial charge in [0.2, 0.25) is 11.9 Å². The first-order valence-corrected chi connectivity index (χ1v) is 8.36. The number of halogens is 1. The monoisotopic (exact) mass is 348 g/mol. The maximum atomic E-state index is 11.8. The van der Waals surface area contributed by atoms with E-state index in [-0.39, 0.29) is 11.9 Å². The number of rotatable bonds is 2. The predicted molar refractivity (Wildman–Crippen MR) is 96.4 cm³/mol. The average Bonchev–Trinajstić information content (AvgIpc) is 2.54. The second-order valence-electron chi connectivity index (χ2n) is 6.06. The zero-order chi connectivity index (χ0) is 17.3. The molecule has 8 heteroatoms. The van der Waals surface area contributed by atoms with Crippen LogP contribution in [0, 0.1) is 0 Å². The van der Waals surface area contributed by atoms with Crippen molar-refractivity contribution in [2.24, 2.45) is 21.5 Å². The third-order valence-corrected chi connectivity index (χ3v) is 4.85. The van der Waals surface area contributed by atoms with E-state index in [0.29, 0.717) is 16.5 Å². The molecule has 1 fully saturated rings. The molecule has 1 spiro atoms. The topological polar surface area (TPSA) is 109 Å². The molecule has 1 aliphatic carbocycles. The van der Waals surface area contributed by atoms with Gasteiger partial charge in [-0.25, -0.2) is 4.99 Å². The van der Waals surface area contributed by atoms with E-state index in [1.54, 1.807) is 19.2 Å². The van der Waals surface area contributed by atoms with E-state index in [2.05, 4.69) is 15.3 Å². The number of nitrogens with one attached hydrogen (secondary N) is 1. The Hall–Kier alpha value is -2.28. The molecule has 1 aromatic carbocycles. The lowest BCUT2D eigenvalue weighted by molar-refractivity contribution is 0.0963. The Morgan fingerprint density at radius 2 is 2.00 bits per heavy atom. The summed E-state index contributed by atoms with van der Waals surface area (Å²) in [5.41, 5.74) is 12.7. The van der Waals surface area contributed by atoms with Crippen LogP contribution in [-0.4, -0.2) is 30.5 Å². The first kappa shape index (κ1) is 16.6. The summed E-state index contributed by atoms with van der Waals surface area (Å²) in [6.07, 6.45) is 4.95. The number of carbonyl (C=O) groups excluding carboxylic acids is 1. The minimum Gasteiger partial charge on any atom is -0.369 e. The van der Waals surface area contributed by atoms with Crippen LogP contribution in [0.3, 0.4) is 0 Å². The Bertz CT molecular complexity index is 723. The van der Waals surface area contributed by atoms with Crippen molar-refractivity contribution in [3.8, 4) is 0 Å². The normalized spacial score (nSPS) is 19.7. The predicted octanol–water partition coefficient (Wildman–Crippen LogP) is 1.81. The number of anilines is 1. The highest BCUT2D eigenvalue weighted by molar-refractivity contribution is 6.34. The van der Waals surface area contributed by atoms with Crippen LogP contribution in [0.25, 0.3) is 0 Å². The summed E-state index contributed by atoms with van der Waals surface area (Å²) in [5.74, 6) is 0.272. The summed E-state index contributed by atoms with van der Waals surface area (Å²) < 4.78 is 0. The van der Waals surface area contributed by atoms with Crippen molar-refractivity contribution in [2.75, 3.05) is 11.9 Å². The van der Waals surface area contributed by atoms with Gasteiger partial charge in [0, 0.05) is 12.7 Å². The molecule has 0 bridgehead atoms. The van der Waals surface area contributed by atoms with Crippen molar-refractivity contribution >= 4 is 35.1 Å². The number of carbonyl (C=O) groups is 1. The van der Waals surface area contributed by atoms with Gasteiger partial charge < -0.3 is 16.8 Å². The molecule has 1 heterocycles. The van der Waals surface area contributed by atoms with Gasteiger partial charge in [0.05, 0.1) is 10.6 Å². The molecule has 2 aliphatic rings. The minimum absolute atomic E-state index is 0.207. The molecule has 1 amide bonds. The number of nitrogens with two attached hydrogens (primary N) is 2. The maximum Gasteiger partial charge on any atom is 0.252 e. The molecule has 0 atom stereocenters. The van der Waals surface area contributed by atoms with E-state index in [4.69, 9.17) is 23.1 Å². The summed E-state index contributed by atoms with van der Waals surface area (Å²) in [6, 6.07) is 5.22. The molecule has 0 radical (unpaired) electrons. The Balaban J connectivity index is 2.04. The molecule has 0 aromatic heterocycles. The van der Waals surface area contributed by atoms with Crippen molar-refractivity contribution in [3.63, 3.8) is 0 Å². The van der Waals surface area contributed by atoms with E-state index < -0.39 is 5.66 Å². The molecule has 7 nitrogen and oxygen atoms in total. The molecule has 3 rings (SSSR count). The average molecular weight is 349 g/mol. The number of aliphatic imine (C=N–C) groups is 2. The van der Waals surface area contributed by atoms with Gasteiger partial charge in [0.15, 0.2) is 0 Å². The third kappa shape index (κ3) is 2.80. The van der Waals surface area contributed by atoms with Crippen LogP contribution in [0.5, 0.6) is 0 Å². The molecular formula is C16H21ClN6O. The van der Waals surface area contributed by atoms with Crippen molar-refractivity contribution in [1.29, 1.82) is 0 Å². The first-order chi connectivity index (χ1) is 11.5. The molecule has 0 saturated heterocycles. The fourth-order valence-corrected chi connectivity index (χ4v) is 3.72. The molecule has 1 aliphatic heterocycles. The highest BCUT2D eigenvalue weighted by atomic mass is 35.5. The maximum absolute atomic E-state index is 11.8. The number of hydrogen-bond acceptors (Lipinski definition) is 6. The lowest BCUT2D eigenvalue weighted by Crippen LogP contribution is -2.58. The van der Waals surface area contributed by atoms with Gasteiger partial charge in [0.1, 0.15) is 5.66 Å². The number of nitrogens with zero attached hydrogens (tertiary/aromatic N) is 3. The Morgan fingerprint density at radius 3 is 2.62 bits per heavy atom. The van der Waals surface area contributed by atoms with Gasteiger partial charge in [-0.05, 0) is 43.9 Å². The van der Waals surface area contributed by atoms with E-state index in [0.717, 1.165) is 31.4 Å². The smallest absolute Gasteiger partial charge is 0.252 e. The molecule has 1 saturated carbocycles. The van der Waals surface area contributed by atoms with Crippen molar-refractivity contribution < 1.29 is 4.79 Å². The molecule has 0 unspecified atom stereocenters. The zero-order valence-corrected chi connectivity index (χ0v) is 14.3. The quantitative estimate of drug-likeness (QED) is 0.757. The van der Waals surface area contributed by atoms with Gasteiger partial charge in [-0.15, -0.1) is 0 Å². The summed E-state index contributed by atoms with van der Waals surface area (Å²) >= 11 is 6.30. The number of benzene rings is 1. The van der Waals surface area contributed by atoms with Gasteiger partial charge in [-0.3, -0.25) is 9.69 Å². The Morgan fingerprint density at radius 1 is 1.29 bits per heavy atom. The second-order valence-corrected chi connectivity index (χ2v) is 6.47. The van der Waals surface area contributed by atoms with E-state index in [1.807, 2.05) is 11.0 Å². The lowest BCUT2D eigenvalue weighted by atomic mass is 9.87. The van der Waals surface area contributed by atoms with Crippen LogP contribution in [0.15, 0.2) is 28.2 Å². The van der Waals surface area contributed by atoms with E-state index >= 15 is 0 Å². The third-order valence-electron chi connectivity index (χ3n) is 4.53. The number of guanidine groups is 2. The largest absolute Gasteiger partial charge is 0.369 e. The Kier molecular flexibility index (Phi) is 4.36. The standard InChI is InChI=1S/C16H21ClN6O/c1-20-13(24)11-6-5-10(9-12(11)17)23-15(19)21-14(18)22-16(23)7-3-2-4-8-16/h5-6,9H,2-4,7-8H2,1H3,(H,20,24)(H4,18,19,21,22). The van der Waals surface area contributed by atoms with Gasteiger partial charge in [-0.1, -0.05) is 18.0 Å². The van der Waals surface area contributed by atoms with Crippen LogP contribution < -0.4 is 21.7 Å². The highest BCUT2D eigenvalue weighted by Crippen LogP contribution is 2.40. The molecular weight excluding hydrogens is 328 g/mol. The second kappa shape index (κ2) is 6.32. The zero-order valence-electron chi connectivity index (χ0n) is 13.6. The van der Waals surface area contributed by atoms with Gasteiger partial charge >= 0.3 is 0 Å². The number of hydrogen-bond donors (Lipinski definition) is 3. The van der Waals surface area contributed by atoms with Crippen LogP contribution in [-0.2, 0) is 0 Å². The summed E-state index contributed by atoms with van der Waals surface area (Å²) in [5, 5.41) is 2.92. The van der Waals surface area contributed by atoms with Crippen LogP contribution in [0.1, 0.15) is 42.5 Å². The van der Waals surface area contributed by atoms with E-state index in [1.165, 1.54) is 6.42 Å². The fourth-order valence-electron chi connectivity index (χ4n) is 3.46. The van der Waals surface area contributed by atoms with Gasteiger partial charge in [0.25, 0.3) is 5.91 Å². The lowest BCUT2D eigenvalue weighted by Gasteiger charge is -2.45. The molecule has 5 N–H and O–H groups in total. The van der Waals surface area contributed by atoms with E-state index in [9.17, 15) is 4.79 Å². The van der Waals surface area contributed by atoms with Crippen molar-refractivity contribution in [1.82, 2.24) is 5.32 Å². The summed E-state index contributed by atoms with van der Waals surface area (Å²) in [6.45, 7) is 0. The first-order valence-electron chi connectivity index (χ1n) is 7.98. The van der Waals surface area contributed by atoms with Crippen LogP contribution in [0.2, 0.25) is 5.02 Å². The highest BCUT2D eigenvalue weighted by Gasteiger charge is 2.42. The van der Waals surface area contributed by atoms with Gasteiger partial charge in [-0.2, -0.15) is 4.99 Å². The summed E-state index contributed by atoms with van der Waals surface area (Å²) in [4.78, 5) is 22.5. The molecule has 24 heavy (non-hydrogen) atoms. The molecule has 1 aromatic rings. The van der Waals surface area contributed by atoms with Crippen LogP contribution >= 0.6 is 11.6 Å². The van der Waals surface area contributed by atoms with Crippen molar-refractivity contribution in [2.45, 2.75) is 37.8 Å². The SMILES string of the molecule is CNC(=O)c1ccc(N2C(N)=NC(N)=NC23CCCCC3)cc1Cl. The fraction of sp³-hybridized carbons (Fsp3) is 0.438. The minimum atomic E-state index is -0.522. The summed E-state index contributed by atoms with van der Waals surface area (Å²) in [7, 11) is 1.57. The Labute approximate surface area is 145 Å².